The first-order chi connectivity index (χ1) is 6.22. The lowest BCUT2D eigenvalue weighted by molar-refractivity contribution is -0.187. The van der Waals surface area contributed by atoms with Crippen molar-refractivity contribution in [1.82, 2.24) is 0 Å². The van der Waals surface area contributed by atoms with Gasteiger partial charge in [-0.2, -0.15) is 0 Å². The smallest absolute Gasteiger partial charge is 0.304 e. The van der Waals surface area contributed by atoms with Crippen LogP contribution in [-0.2, 0) is 23.8 Å². The molecule has 5 nitrogen and oxygen atoms in total. The molecular formula is C7H8O5S. The van der Waals surface area contributed by atoms with E-state index in [2.05, 4.69) is 0 Å². The Bertz CT molecular complexity index is 225. The summed E-state index contributed by atoms with van der Waals surface area (Å²) < 4.78 is 14.6. The fourth-order valence-corrected chi connectivity index (χ4v) is 1.56. The third-order valence-corrected chi connectivity index (χ3v) is 2.11. The Morgan fingerprint density at radius 1 is 1.77 bits per heavy atom. The predicted octanol–water partition coefficient (Wildman–Crippen LogP) is 0.284. The van der Waals surface area contributed by atoms with E-state index in [1.54, 1.807) is 0 Å². The van der Waals surface area contributed by atoms with E-state index in [1.165, 1.54) is 24.6 Å². The van der Waals surface area contributed by atoms with Crippen LogP contribution < -0.4 is 0 Å². The summed E-state index contributed by atoms with van der Waals surface area (Å²) in [6.45, 7) is 1.30. The summed E-state index contributed by atoms with van der Waals surface area (Å²) in [5.74, 6) is 1.54. The number of hydrogen-bond acceptors (Lipinski definition) is 6. The zero-order valence-corrected chi connectivity index (χ0v) is 7.71. The van der Waals surface area contributed by atoms with Crippen molar-refractivity contribution >= 4 is 23.7 Å². The van der Waals surface area contributed by atoms with E-state index in [0.29, 0.717) is 5.75 Å². The maximum atomic E-state index is 10.5. The largest absolute Gasteiger partial charge is 0.451 e. The molecule has 0 aliphatic carbocycles. The van der Waals surface area contributed by atoms with Crippen LogP contribution in [0, 0.1) is 0 Å². The van der Waals surface area contributed by atoms with Crippen LogP contribution in [0.3, 0.4) is 0 Å². The van der Waals surface area contributed by atoms with Crippen molar-refractivity contribution in [3.63, 3.8) is 0 Å². The molecule has 1 rings (SSSR count). The molecule has 72 valence electrons. The molecule has 0 aromatic heterocycles. The standard InChI is InChI=1S/C7H8O5S/c1-5(9)11-6-4-13-7(12-6)10-3-2-8/h3,6-7H,4H2,1H3. The van der Waals surface area contributed by atoms with E-state index < -0.39 is 17.9 Å². The molecule has 13 heavy (non-hydrogen) atoms. The molecule has 1 aliphatic heterocycles. The molecule has 2 atom stereocenters. The van der Waals surface area contributed by atoms with Gasteiger partial charge >= 0.3 is 5.97 Å². The minimum Gasteiger partial charge on any atom is -0.451 e. The highest BCUT2D eigenvalue weighted by atomic mass is 32.2. The molecule has 0 amide bonds. The topological polar surface area (TPSA) is 61.8 Å². The highest BCUT2D eigenvalue weighted by Crippen LogP contribution is 2.26. The number of carbonyl (C=O) groups is 1. The molecule has 1 heterocycles. The van der Waals surface area contributed by atoms with Crippen molar-refractivity contribution in [2.75, 3.05) is 5.75 Å². The van der Waals surface area contributed by atoms with Crippen molar-refractivity contribution < 1.29 is 23.8 Å². The summed E-state index contributed by atoms with van der Waals surface area (Å²) >= 11 is 1.30. The van der Waals surface area contributed by atoms with Crippen molar-refractivity contribution in [3.05, 3.63) is 6.26 Å². The minimum absolute atomic E-state index is 0.405. The van der Waals surface area contributed by atoms with Gasteiger partial charge in [0.2, 0.25) is 6.29 Å². The van der Waals surface area contributed by atoms with Gasteiger partial charge in [-0.05, 0) is 0 Å². The fraction of sp³-hybridized carbons (Fsp3) is 0.571. The van der Waals surface area contributed by atoms with Gasteiger partial charge in [0.25, 0.3) is 5.62 Å². The first-order valence-electron chi connectivity index (χ1n) is 3.51. The van der Waals surface area contributed by atoms with E-state index in [0.717, 1.165) is 6.26 Å². The Labute approximate surface area is 79.0 Å². The molecule has 0 aromatic carbocycles. The highest BCUT2D eigenvalue weighted by Gasteiger charge is 2.28. The number of esters is 1. The third-order valence-electron chi connectivity index (χ3n) is 1.16. The molecule has 0 bridgehead atoms. The number of carbonyl (C=O) groups excluding carboxylic acids is 2. The normalized spacial score (nSPS) is 26.2. The van der Waals surface area contributed by atoms with Crippen molar-refractivity contribution in [2.45, 2.75) is 18.8 Å². The van der Waals surface area contributed by atoms with Crippen LogP contribution in [0.1, 0.15) is 6.92 Å². The molecule has 0 saturated carbocycles. The number of rotatable bonds is 3. The van der Waals surface area contributed by atoms with Crippen LogP contribution in [0.15, 0.2) is 6.26 Å². The zero-order chi connectivity index (χ0) is 9.68. The maximum Gasteiger partial charge on any atom is 0.304 e. The first kappa shape index (κ1) is 10.1. The number of ether oxygens (including phenoxy) is 3. The van der Waals surface area contributed by atoms with Gasteiger partial charge in [0.1, 0.15) is 0 Å². The SMILES string of the molecule is CC(=O)OC1CSC(OC=C=O)O1. The average molecular weight is 204 g/mol. The van der Waals surface area contributed by atoms with Gasteiger partial charge in [-0.25, -0.2) is 4.79 Å². The van der Waals surface area contributed by atoms with Gasteiger partial charge < -0.3 is 9.47 Å². The lowest BCUT2D eigenvalue weighted by atomic mass is 10.7. The number of thioether (sulfide) groups is 1. The second kappa shape index (κ2) is 4.91. The molecule has 0 N–H and O–H groups in total. The van der Waals surface area contributed by atoms with Gasteiger partial charge in [0, 0.05) is 6.92 Å². The number of hydrogen-bond donors (Lipinski definition) is 0. The van der Waals surface area contributed by atoms with Crippen molar-refractivity contribution in [2.24, 2.45) is 0 Å². The van der Waals surface area contributed by atoms with E-state index in [1.807, 2.05) is 0 Å². The summed E-state index contributed by atoms with van der Waals surface area (Å²) in [6, 6.07) is 0. The molecule has 1 aliphatic rings. The van der Waals surface area contributed by atoms with Gasteiger partial charge in [0.05, 0.1) is 5.75 Å². The Morgan fingerprint density at radius 2 is 2.54 bits per heavy atom. The Morgan fingerprint density at radius 3 is 3.15 bits per heavy atom. The molecule has 0 radical (unpaired) electrons. The van der Waals surface area contributed by atoms with Crippen LogP contribution in [0.5, 0.6) is 0 Å². The van der Waals surface area contributed by atoms with E-state index >= 15 is 0 Å². The van der Waals surface area contributed by atoms with Gasteiger partial charge in [-0.15, -0.1) is 0 Å². The van der Waals surface area contributed by atoms with Crippen LogP contribution in [0.4, 0.5) is 0 Å². The van der Waals surface area contributed by atoms with Crippen LogP contribution in [0.25, 0.3) is 0 Å². The molecule has 6 heteroatoms. The second-order valence-electron chi connectivity index (χ2n) is 2.17. The summed E-state index contributed by atoms with van der Waals surface area (Å²) in [4.78, 5) is 20.3. The molecule has 1 saturated heterocycles. The quantitative estimate of drug-likeness (QED) is 0.374. The van der Waals surface area contributed by atoms with Crippen molar-refractivity contribution in [1.29, 1.82) is 0 Å². The Hall–Kier alpha value is -0.970. The van der Waals surface area contributed by atoms with Gasteiger partial charge in [0.15, 0.2) is 12.2 Å². The van der Waals surface area contributed by atoms with Crippen LogP contribution in [0.2, 0.25) is 0 Å². The lowest BCUT2D eigenvalue weighted by Gasteiger charge is -2.10. The minimum atomic E-state index is -0.592. The first-order valence-corrected chi connectivity index (χ1v) is 4.56. The maximum absolute atomic E-state index is 10.5. The lowest BCUT2D eigenvalue weighted by Crippen LogP contribution is -2.19. The Balaban J connectivity index is 2.27. The van der Waals surface area contributed by atoms with E-state index in [9.17, 15) is 9.59 Å². The predicted molar refractivity (Wildman–Crippen MR) is 44.2 cm³/mol. The molecular weight excluding hydrogens is 196 g/mol. The molecule has 2 unspecified atom stereocenters. The summed E-state index contributed by atoms with van der Waals surface area (Å²) in [5, 5.41) is 0. The van der Waals surface area contributed by atoms with E-state index in [4.69, 9.17) is 14.2 Å². The monoisotopic (exact) mass is 204 g/mol. The second-order valence-corrected chi connectivity index (χ2v) is 3.22. The summed E-state index contributed by atoms with van der Waals surface area (Å²) in [5.41, 5.74) is -0.592. The van der Waals surface area contributed by atoms with E-state index in [-0.39, 0.29) is 0 Å². The average Bonchev–Trinajstić information content (AvgIpc) is 2.48. The molecule has 0 spiro atoms. The van der Waals surface area contributed by atoms with Gasteiger partial charge in [-0.1, -0.05) is 11.8 Å². The summed E-state index contributed by atoms with van der Waals surface area (Å²) in [6.07, 6.45) is 0.279. The third kappa shape index (κ3) is 3.50. The summed E-state index contributed by atoms with van der Waals surface area (Å²) in [7, 11) is 0. The van der Waals surface area contributed by atoms with Crippen molar-refractivity contribution in [3.8, 4) is 0 Å². The molecule has 0 aromatic rings. The fourth-order valence-electron chi connectivity index (χ4n) is 0.761. The Kier molecular flexibility index (Phi) is 3.82. The highest BCUT2D eigenvalue weighted by molar-refractivity contribution is 7.99. The van der Waals surface area contributed by atoms with Crippen LogP contribution in [-0.4, -0.2) is 29.6 Å². The van der Waals surface area contributed by atoms with Gasteiger partial charge in [-0.3, -0.25) is 9.53 Å². The zero-order valence-electron chi connectivity index (χ0n) is 6.89. The van der Waals surface area contributed by atoms with Crippen LogP contribution >= 0.6 is 11.8 Å². The molecule has 1 fully saturated rings.